The average molecular weight is 365 g/mol. The van der Waals surface area contributed by atoms with Crippen molar-refractivity contribution in [3.63, 3.8) is 0 Å². The van der Waals surface area contributed by atoms with Crippen LogP contribution in [-0.2, 0) is 11.2 Å². The normalized spacial score (nSPS) is 17.1. The SMILES string of the molecule is COc1ccc(CCNC(=O)C2CCCNC2)cc1OC(F)F.Cl. The van der Waals surface area contributed by atoms with Gasteiger partial charge in [-0.25, -0.2) is 0 Å². The number of amides is 1. The Morgan fingerprint density at radius 2 is 2.21 bits per heavy atom. The zero-order chi connectivity index (χ0) is 16.7. The molecule has 8 heteroatoms. The first-order valence-corrected chi connectivity index (χ1v) is 7.70. The number of benzene rings is 1. The maximum Gasteiger partial charge on any atom is 0.387 e. The number of alkyl halides is 2. The Hall–Kier alpha value is -1.60. The molecule has 0 aliphatic carbocycles. The van der Waals surface area contributed by atoms with Gasteiger partial charge >= 0.3 is 6.61 Å². The Morgan fingerprint density at radius 3 is 2.83 bits per heavy atom. The number of halogens is 3. The van der Waals surface area contributed by atoms with Crippen LogP contribution in [0.3, 0.4) is 0 Å². The van der Waals surface area contributed by atoms with E-state index in [4.69, 9.17) is 4.74 Å². The quantitative estimate of drug-likeness (QED) is 0.780. The summed E-state index contributed by atoms with van der Waals surface area (Å²) in [6.07, 6.45) is 2.44. The van der Waals surface area contributed by atoms with Crippen LogP contribution in [-0.4, -0.2) is 39.3 Å². The van der Waals surface area contributed by atoms with Crippen LogP contribution in [0.4, 0.5) is 8.78 Å². The molecule has 1 heterocycles. The predicted molar refractivity (Wildman–Crippen MR) is 89.2 cm³/mol. The standard InChI is InChI=1S/C16H22F2N2O3.ClH/c1-22-13-5-4-11(9-14(13)23-16(17)18)6-8-20-15(21)12-3-2-7-19-10-12;/h4-5,9,12,16,19H,2-3,6-8,10H2,1H3,(H,20,21);1H. The molecule has 24 heavy (non-hydrogen) atoms. The highest BCUT2D eigenvalue weighted by Gasteiger charge is 2.20. The molecular weight excluding hydrogens is 342 g/mol. The van der Waals surface area contributed by atoms with E-state index in [1.807, 2.05) is 0 Å². The van der Waals surface area contributed by atoms with E-state index in [1.165, 1.54) is 13.2 Å². The number of methoxy groups -OCH3 is 1. The Morgan fingerprint density at radius 1 is 1.42 bits per heavy atom. The van der Waals surface area contributed by atoms with Gasteiger partial charge in [0.15, 0.2) is 11.5 Å². The van der Waals surface area contributed by atoms with Crippen LogP contribution in [0.2, 0.25) is 0 Å². The van der Waals surface area contributed by atoms with E-state index >= 15 is 0 Å². The highest BCUT2D eigenvalue weighted by Crippen LogP contribution is 2.29. The van der Waals surface area contributed by atoms with Crippen LogP contribution < -0.4 is 20.1 Å². The van der Waals surface area contributed by atoms with Crippen molar-refractivity contribution in [1.82, 2.24) is 10.6 Å². The summed E-state index contributed by atoms with van der Waals surface area (Å²) in [6, 6.07) is 4.87. The lowest BCUT2D eigenvalue weighted by atomic mass is 9.99. The summed E-state index contributed by atoms with van der Waals surface area (Å²) in [4.78, 5) is 12.0. The van der Waals surface area contributed by atoms with E-state index in [-0.39, 0.29) is 35.7 Å². The fourth-order valence-corrected chi connectivity index (χ4v) is 2.61. The third kappa shape index (κ3) is 6.13. The van der Waals surface area contributed by atoms with Crippen LogP contribution in [0.25, 0.3) is 0 Å². The van der Waals surface area contributed by atoms with E-state index in [0.29, 0.717) is 19.5 Å². The molecule has 0 aromatic heterocycles. The monoisotopic (exact) mass is 364 g/mol. The first kappa shape index (κ1) is 20.4. The molecule has 2 rings (SSSR count). The summed E-state index contributed by atoms with van der Waals surface area (Å²) in [6.45, 7) is -0.781. The molecule has 1 unspecified atom stereocenters. The van der Waals surface area contributed by atoms with E-state index in [2.05, 4.69) is 15.4 Å². The number of hydrogen-bond donors (Lipinski definition) is 2. The molecule has 0 radical (unpaired) electrons. The molecule has 2 N–H and O–H groups in total. The topological polar surface area (TPSA) is 59.6 Å². The zero-order valence-corrected chi connectivity index (χ0v) is 14.3. The Bertz CT molecular complexity index is 526. The number of piperidine rings is 1. The molecule has 1 aromatic carbocycles. The van der Waals surface area contributed by atoms with Gasteiger partial charge in [0.2, 0.25) is 5.91 Å². The molecule has 1 atom stereocenters. The second-order valence-corrected chi connectivity index (χ2v) is 5.45. The minimum atomic E-state index is -2.90. The Kier molecular flexibility index (Phi) is 8.78. The van der Waals surface area contributed by atoms with Gasteiger partial charge in [-0.1, -0.05) is 6.07 Å². The number of rotatable bonds is 7. The molecule has 0 spiro atoms. The van der Waals surface area contributed by atoms with E-state index in [0.717, 1.165) is 24.9 Å². The number of hydrogen-bond acceptors (Lipinski definition) is 4. The van der Waals surface area contributed by atoms with Crippen molar-refractivity contribution in [1.29, 1.82) is 0 Å². The van der Waals surface area contributed by atoms with Gasteiger partial charge in [-0.2, -0.15) is 8.78 Å². The van der Waals surface area contributed by atoms with Gasteiger partial charge in [-0.05, 0) is 43.5 Å². The number of carbonyl (C=O) groups is 1. The highest BCUT2D eigenvalue weighted by atomic mass is 35.5. The Balaban J connectivity index is 0.00000288. The molecule has 1 aliphatic rings. The van der Waals surface area contributed by atoms with E-state index in [1.54, 1.807) is 12.1 Å². The lowest BCUT2D eigenvalue weighted by Gasteiger charge is -2.21. The number of ether oxygens (including phenoxy) is 2. The van der Waals surface area contributed by atoms with Crippen molar-refractivity contribution in [2.75, 3.05) is 26.7 Å². The van der Waals surface area contributed by atoms with Crippen LogP contribution in [0, 0.1) is 5.92 Å². The van der Waals surface area contributed by atoms with E-state index in [9.17, 15) is 13.6 Å². The maximum absolute atomic E-state index is 12.4. The van der Waals surface area contributed by atoms with Gasteiger partial charge in [-0.3, -0.25) is 4.79 Å². The molecule has 1 aromatic rings. The summed E-state index contributed by atoms with van der Waals surface area (Å²) >= 11 is 0. The second kappa shape index (κ2) is 10.3. The van der Waals surface area contributed by atoms with Crippen molar-refractivity contribution in [2.45, 2.75) is 25.9 Å². The summed E-state index contributed by atoms with van der Waals surface area (Å²) in [5, 5.41) is 6.09. The number of carbonyl (C=O) groups excluding carboxylic acids is 1. The van der Waals surface area contributed by atoms with Crippen LogP contribution >= 0.6 is 12.4 Å². The fourth-order valence-electron chi connectivity index (χ4n) is 2.61. The summed E-state index contributed by atoms with van der Waals surface area (Å²) < 4.78 is 34.2. The van der Waals surface area contributed by atoms with Crippen molar-refractivity contribution in [3.05, 3.63) is 23.8 Å². The van der Waals surface area contributed by atoms with Gasteiger partial charge in [0, 0.05) is 13.1 Å². The summed E-state index contributed by atoms with van der Waals surface area (Å²) in [7, 11) is 1.39. The second-order valence-electron chi connectivity index (χ2n) is 5.45. The summed E-state index contributed by atoms with van der Waals surface area (Å²) in [5.74, 6) is 0.307. The van der Waals surface area contributed by atoms with Crippen LogP contribution in [0.15, 0.2) is 18.2 Å². The molecule has 0 bridgehead atoms. The maximum atomic E-state index is 12.4. The lowest BCUT2D eigenvalue weighted by Crippen LogP contribution is -2.41. The molecule has 1 amide bonds. The first-order valence-electron chi connectivity index (χ1n) is 7.70. The van der Waals surface area contributed by atoms with Crippen molar-refractivity contribution >= 4 is 18.3 Å². The van der Waals surface area contributed by atoms with Crippen LogP contribution in [0.1, 0.15) is 18.4 Å². The molecule has 0 saturated carbocycles. The third-order valence-electron chi connectivity index (χ3n) is 3.82. The number of nitrogens with one attached hydrogen (secondary N) is 2. The van der Waals surface area contributed by atoms with Gasteiger partial charge in [0.25, 0.3) is 0 Å². The van der Waals surface area contributed by atoms with Gasteiger partial charge < -0.3 is 20.1 Å². The zero-order valence-electron chi connectivity index (χ0n) is 13.5. The van der Waals surface area contributed by atoms with Gasteiger partial charge in [0.1, 0.15) is 0 Å². The van der Waals surface area contributed by atoms with Crippen molar-refractivity contribution < 1.29 is 23.0 Å². The minimum Gasteiger partial charge on any atom is -0.493 e. The molecule has 136 valence electrons. The van der Waals surface area contributed by atoms with Crippen LogP contribution in [0.5, 0.6) is 11.5 Å². The smallest absolute Gasteiger partial charge is 0.387 e. The summed E-state index contributed by atoms with van der Waals surface area (Å²) in [5.41, 5.74) is 0.795. The predicted octanol–water partition coefficient (Wildman–Crippen LogP) is 2.38. The highest BCUT2D eigenvalue weighted by molar-refractivity contribution is 5.85. The molecule has 1 saturated heterocycles. The average Bonchev–Trinajstić information content (AvgIpc) is 2.55. The fraction of sp³-hybridized carbons (Fsp3) is 0.562. The molecule has 1 aliphatic heterocycles. The van der Waals surface area contributed by atoms with E-state index < -0.39 is 6.61 Å². The molecule has 5 nitrogen and oxygen atoms in total. The van der Waals surface area contributed by atoms with Crippen molar-refractivity contribution in [2.24, 2.45) is 5.92 Å². The third-order valence-corrected chi connectivity index (χ3v) is 3.82. The molecule has 1 fully saturated rings. The lowest BCUT2D eigenvalue weighted by molar-refractivity contribution is -0.125. The Labute approximate surface area is 146 Å². The van der Waals surface area contributed by atoms with Gasteiger partial charge in [0.05, 0.1) is 13.0 Å². The van der Waals surface area contributed by atoms with Gasteiger partial charge in [-0.15, -0.1) is 12.4 Å². The molecular formula is C16H23ClF2N2O3. The minimum absolute atomic E-state index is 0. The van der Waals surface area contributed by atoms with Crippen molar-refractivity contribution in [3.8, 4) is 11.5 Å². The largest absolute Gasteiger partial charge is 0.493 e. The first-order chi connectivity index (χ1) is 11.1.